The van der Waals surface area contributed by atoms with Crippen molar-refractivity contribution in [2.75, 3.05) is 5.32 Å². The molecule has 0 aliphatic carbocycles. The van der Waals surface area contributed by atoms with Gasteiger partial charge in [0.1, 0.15) is 0 Å². The highest BCUT2D eigenvalue weighted by molar-refractivity contribution is 7.80. The number of hydrogen-bond donors (Lipinski definition) is 2. The third-order valence-corrected chi connectivity index (χ3v) is 3.27. The molecule has 0 amide bonds. The maximum absolute atomic E-state index is 12.6. The third kappa shape index (κ3) is 3.28. The Labute approximate surface area is 131 Å². The molecule has 0 fully saturated rings. The van der Waals surface area contributed by atoms with Crippen molar-refractivity contribution in [2.45, 2.75) is 0 Å². The van der Waals surface area contributed by atoms with E-state index < -0.39 is 0 Å². The Kier molecular flexibility index (Phi) is 4.60. The van der Waals surface area contributed by atoms with E-state index in [0.717, 1.165) is 0 Å². The Morgan fingerprint density at radius 2 is 1.80 bits per heavy atom. The zero-order chi connectivity index (χ0) is 14.7. The molecule has 0 radical (unpaired) electrons. The van der Waals surface area contributed by atoms with E-state index in [0.29, 0.717) is 26.9 Å². The normalized spacial score (nSPS) is 10.1. The average molecular weight is 325 g/mol. The molecule has 3 nitrogen and oxygen atoms in total. The van der Waals surface area contributed by atoms with Crippen molar-refractivity contribution in [3.05, 3.63) is 63.6 Å². The van der Waals surface area contributed by atoms with Crippen molar-refractivity contribution in [3.8, 4) is 0 Å². The van der Waals surface area contributed by atoms with Gasteiger partial charge in [0.25, 0.3) is 0 Å². The first-order chi connectivity index (χ1) is 9.49. The molecule has 3 N–H and O–H groups in total. The van der Waals surface area contributed by atoms with Gasteiger partial charge in [0.2, 0.25) is 0 Å². The molecule has 0 unspecified atom stereocenters. The van der Waals surface area contributed by atoms with Crippen molar-refractivity contribution >= 4 is 52.0 Å². The van der Waals surface area contributed by atoms with Crippen LogP contribution >= 0.6 is 35.4 Å². The Bertz CT molecular complexity index is 689. The Morgan fingerprint density at radius 1 is 1.10 bits per heavy atom. The summed E-state index contributed by atoms with van der Waals surface area (Å²) in [6.07, 6.45) is 0. The maximum atomic E-state index is 12.6. The fourth-order valence-corrected chi connectivity index (χ4v) is 2.24. The van der Waals surface area contributed by atoms with Gasteiger partial charge in [-0.15, -0.1) is 0 Å². The molecular weight excluding hydrogens is 315 g/mol. The number of carbonyl (C=O) groups is 1. The van der Waals surface area contributed by atoms with Gasteiger partial charge in [0.15, 0.2) is 10.9 Å². The smallest absolute Gasteiger partial charge is 0.196 e. The van der Waals surface area contributed by atoms with Crippen LogP contribution in [0, 0.1) is 0 Å². The van der Waals surface area contributed by atoms with Crippen LogP contribution in [0.25, 0.3) is 0 Å². The van der Waals surface area contributed by atoms with Crippen LogP contribution in [0.15, 0.2) is 42.5 Å². The quantitative estimate of drug-likeness (QED) is 0.664. The van der Waals surface area contributed by atoms with Crippen LogP contribution in [-0.4, -0.2) is 10.9 Å². The van der Waals surface area contributed by atoms with E-state index >= 15 is 0 Å². The summed E-state index contributed by atoms with van der Waals surface area (Å²) in [5, 5.41) is 3.64. The molecule has 2 aromatic rings. The first kappa shape index (κ1) is 14.8. The molecule has 2 aromatic carbocycles. The number of anilines is 1. The minimum Gasteiger partial charge on any atom is -0.376 e. The van der Waals surface area contributed by atoms with E-state index in [-0.39, 0.29) is 10.9 Å². The predicted molar refractivity (Wildman–Crippen MR) is 86.7 cm³/mol. The van der Waals surface area contributed by atoms with E-state index in [1.165, 1.54) is 0 Å². The van der Waals surface area contributed by atoms with Gasteiger partial charge >= 0.3 is 0 Å². The second kappa shape index (κ2) is 6.22. The van der Waals surface area contributed by atoms with Gasteiger partial charge < -0.3 is 11.1 Å². The van der Waals surface area contributed by atoms with Gasteiger partial charge in [-0.25, -0.2) is 0 Å². The van der Waals surface area contributed by atoms with Crippen LogP contribution in [-0.2, 0) is 0 Å². The van der Waals surface area contributed by atoms with Crippen molar-refractivity contribution in [1.82, 2.24) is 0 Å². The van der Waals surface area contributed by atoms with Gasteiger partial charge in [-0.1, -0.05) is 35.3 Å². The molecule has 0 bridgehead atoms. The van der Waals surface area contributed by atoms with E-state index in [1.54, 1.807) is 42.5 Å². The summed E-state index contributed by atoms with van der Waals surface area (Å²) in [6.45, 7) is 0. The van der Waals surface area contributed by atoms with Gasteiger partial charge in [-0.2, -0.15) is 0 Å². The first-order valence-electron chi connectivity index (χ1n) is 5.64. The van der Waals surface area contributed by atoms with Crippen molar-refractivity contribution in [1.29, 1.82) is 0 Å². The zero-order valence-electron chi connectivity index (χ0n) is 10.2. The lowest BCUT2D eigenvalue weighted by Crippen LogP contribution is -2.20. The summed E-state index contributed by atoms with van der Waals surface area (Å²) < 4.78 is 0. The van der Waals surface area contributed by atoms with Crippen molar-refractivity contribution in [3.63, 3.8) is 0 Å². The zero-order valence-corrected chi connectivity index (χ0v) is 12.5. The summed E-state index contributed by atoms with van der Waals surface area (Å²) in [7, 11) is 0. The molecule has 6 heteroatoms. The SMILES string of the molecule is NC(=S)Nc1ccc(Cl)cc1C(=O)c1ccccc1Cl. The molecule has 102 valence electrons. The lowest BCUT2D eigenvalue weighted by molar-refractivity contribution is 0.103. The molecule has 0 saturated carbocycles. The highest BCUT2D eigenvalue weighted by Gasteiger charge is 2.17. The Morgan fingerprint density at radius 3 is 2.45 bits per heavy atom. The minimum atomic E-state index is -0.253. The predicted octanol–water partition coefficient (Wildman–Crippen LogP) is 3.88. The van der Waals surface area contributed by atoms with Crippen molar-refractivity contribution in [2.24, 2.45) is 5.73 Å². The first-order valence-corrected chi connectivity index (χ1v) is 6.80. The fraction of sp³-hybridized carbons (Fsp3) is 0. The van der Waals surface area contributed by atoms with Crippen LogP contribution in [0.4, 0.5) is 5.69 Å². The van der Waals surface area contributed by atoms with E-state index in [9.17, 15) is 4.79 Å². The molecular formula is C14H10Cl2N2OS. The number of rotatable bonds is 3. The molecule has 2 rings (SSSR count). The summed E-state index contributed by atoms with van der Waals surface area (Å²) >= 11 is 16.8. The van der Waals surface area contributed by atoms with E-state index in [4.69, 9.17) is 41.2 Å². The molecule has 0 spiro atoms. The van der Waals surface area contributed by atoms with Crippen LogP contribution < -0.4 is 11.1 Å². The Hall–Kier alpha value is -1.62. The van der Waals surface area contributed by atoms with Gasteiger partial charge in [0.05, 0.1) is 10.7 Å². The minimum absolute atomic E-state index is 0.0699. The van der Waals surface area contributed by atoms with Crippen molar-refractivity contribution < 1.29 is 4.79 Å². The number of hydrogen-bond acceptors (Lipinski definition) is 2. The molecule has 0 aliphatic rings. The lowest BCUT2D eigenvalue weighted by atomic mass is 10.0. The second-order valence-electron chi connectivity index (χ2n) is 3.99. The average Bonchev–Trinajstić information content (AvgIpc) is 2.40. The van der Waals surface area contributed by atoms with Crippen LogP contribution in [0.5, 0.6) is 0 Å². The lowest BCUT2D eigenvalue weighted by Gasteiger charge is -2.11. The largest absolute Gasteiger partial charge is 0.376 e. The number of nitrogens with two attached hydrogens (primary N) is 1. The number of ketones is 1. The molecule has 20 heavy (non-hydrogen) atoms. The highest BCUT2D eigenvalue weighted by Crippen LogP contribution is 2.26. The number of benzene rings is 2. The monoisotopic (exact) mass is 324 g/mol. The fourth-order valence-electron chi connectivity index (χ4n) is 1.74. The number of carbonyl (C=O) groups excluding carboxylic acids is 1. The van der Waals surface area contributed by atoms with Gasteiger partial charge in [-0.05, 0) is 42.5 Å². The summed E-state index contributed by atoms with van der Waals surface area (Å²) in [6, 6.07) is 11.6. The Balaban J connectivity index is 2.51. The molecule has 0 saturated heterocycles. The van der Waals surface area contributed by atoms with E-state index in [2.05, 4.69) is 5.32 Å². The van der Waals surface area contributed by atoms with Crippen LogP contribution in [0.1, 0.15) is 15.9 Å². The number of halogens is 2. The topological polar surface area (TPSA) is 55.1 Å². The molecule has 0 aromatic heterocycles. The number of nitrogens with one attached hydrogen (secondary N) is 1. The molecule has 0 heterocycles. The third-order valence-electron chi connectivity index (χ3n) is 2.60. The van der Waals surface area contributed by atoms with Gasteiger partial charge in [0, 0.05) is 16.1 Å². The second-order valence-corrected chi connectivity index (χ2v) is 5.27. The number of thiocarbonyl (C=S) groups is 1. The van der Waals surface area contributed by atoms with E-state index in [1.807, 2.05) is 0 Å². The molecule has 0 aliphatic heterocycles. The maximum Gasteiger partial charge on any atom is 0.196 e. The van der Waals surface area contributed by atoms with Crippen LogP contribution in [0.3, 0.4) is 0 Å². The van der Waals surface area contributed by atoms with Crippen LogP contribution in [0.2, 0.25) is 10.0 Å². The summed E-state index contributed by atoms with van der Waals surface area (Å²) in [4.78, 5) is 12.6. The standard InChI is InChI=1S/C14H10Cl2N2OS/c15-8-5-6-12(18-14(17)20)10(7-8)13(19)9-3-1-2-4-11(9)16/h1-7H,(H3,17,18,20). The molecule has 0 atom stereocenters. The summed E-state index contributed by atoms with van der Waals surface area (Å²) in [5.41, 5.74) is 6.69. The summed E-state index contributed by atoms with van der Waals surface area (Å²) in [5.74, 6) is -0.253. The van der Waals surface area contributed by atoms with Gasteiger partial charge in [-0.3, -0.25) is 4.79 Å². The highest BCUT2D eigenvalue weighted by atomic mass is 35.5.